The first kappa shape index (κ1) is 19.6. The van der Waals surface area contributed by atoms with Gasteiger partial charge in [0.2, 0.25) is 4.77 Å². The van der Waals surface area contributed by atoms with Gasteiger partial charge in [-0.25, -0.2) is 0 Å². The smallest absolute Gasteiger partial charge is 0.225 e. The first-order chi connectivity index (χ1) is 14.0. The molecule has 0 radical (unpaired) electrons. The van der Waals surface area contributed by atoms with Crippen LogP contribution in [0.15, 0.2) is 30.3 Å². The Balaban J connectivity index is 1.57. The molecule has 152 valence electrons. The van der Waals surface area contributed by atoms with Crippen LogP contribution in [-0.4, -0.2) is 40.6 Å². The number of rotatable bonds is 5. The van der Waals surface area contributed by atoms with Gasteiger partial charge in [-0.1, -0.05) is 12.1 Å². The molecule has 0 aliphatic carbocycles. The summed E-state index contributed by atoms with van der Waals surface area (Å²) < 4.78 is 15.1. The Morgan fingerprint density at radius 3 is 2.52 bits per heavy atom. The Labute approximate surface area is 175 Å². The van der Waals surface area contributed by atoms with Crippen molar-refractivity contribution in [2.24, 2.45) is 0 Å². The quantitative estimate of drug-likeness (QED) is 0.650. The maximum atomic E-state index is 5.68. The number of aryl methyl sites for hydroxylation is 1. The number of ether oxygens (including phenoxy) is 2. The van der Waals surface area contributed by atoms with E-state index >= 15 is 0 Å². The summed E-state index contributed by atoms with van der Waals surface area (Å²) in [6.07, 6.45) is 0.976. The van der Waals surface area contributed by atoms with E-state index in [4.69, 9.17) is 21.7 Å². The first-order valence-corrected chi connectivity index (χ1v) is 10.1. The largest absolute Gasteiger partial charge is 0.493 e. The molecule has 2 aromatic carbocycles. The molecule has 0 fully saturated rings. The Kier molecular flexibility index (Phi) is 5.38. The number of hydrogen-bond donors (Lipinski definition) is 1. The summed E-state index contributed by atoms with van der Waals surface area (Å²) in [4.78, 5) is 1.38. The highest BCUT2D eigenvalue weighted by atomic mass is 32.1. The molecule has 1 aliphatic rings. The van der Waals surface area contributed by atoms with Crippen LogP contribution in [0.5, 0.6) is 11.5 Å². The zero-order chi connectivity index (χ0) is 20.5. The minimum absolute atomic E-state index is 0.615. The molecule has 1 atom stereocenters. The highest BCUT2D eigenvalue weighted by Crippen LogP contribution is 2.31. The second-order valence-corrected chi connectivity index (χ2v) is 7.82. The highest BCUT2D eigenvalue weighted by Gasteiger charge is 2.23. The van der Waals surface area contributed by atoms with Crippen molar-refractivity contribution < 1.29 is 14.4 Å². The molecule has 1 N–H and O–H groups in total. The molecule has 8 heteroatoms. The Morgan fingerprint density at radius 1 is 1.07 bits per heavy atom. The van der Waals surface area contributed by atoms with Crippen molar-refractivity contribution in [1.29, 1.82) is 0 Å². The number of nitrogens with zero attached hydrogens (tertiary/aromatic N) is 4. The van der Waals surface area contributed by atoms with Gasteiger partial charge >= 0.3 is 0 Å². The van der Waals surface area contributed by atoms with E-state index in [1.807, 2.05) is 16.8 Å². The molecule has 0 amide bonds. The minimum atomic E-state index is 0.615. The van der Waals surface area contributed by atoms with Crippen molar-refractivity contribution in [2.45, 2.75) is 33.5 Å². The SMILES string of the molecule is COc1cc2c(cc1OC)C[NH+](Cn1nnn(-c3cccc(C)c3C)c1=S)CC2. The molecule has 0 saturated carbocycles. The van der Waals surface area contributed by atoms with Crippen molar-refractivity contribution >= 4 is 12.2 Å². The second-order valence-electron chi connectivity index (χ2n) is 7.45. The predicted octanol–water partition coefficient (Wildman–Crippen LogP) is 2.03. The van der Waals surface area contributed by atoms with Gasteiger partial charge in [0.15, 0.2) is 18.2 Å². The van der Waals surface area contributed by atoms with Crippen LogP contribution in [0.3, 0.4) is 0 Å². The number of hydrogen-bond acceptors (Lipinski definition) is 5. The fourth-order valence-corrected chi connectivity index (χ4v) is 4.10. The van der Waals surface area contributed by atoms with Crippen molar-refractivity contribution in [1.82, 2.24) is 19.8 Å². The molecule has 4 rings (SSSR count). The zero-order valence-corrected chi connectivity index (χ0v) is 18.0. The van der Waals surface area contributed by atoms with Crippen molar-refractivity contribution in [2.75, 3.05) is 20.8 Å². The van der Waals surface area contributed by atoms with Crippen molar-refractivity contribution in [3.05, 3.63) is 57.4 Å². The third-order valence-corrected chi connectivity index (χ3v) is 6.09. The van der Waals surface area contributed by atoms with E-state index < -0.39 is 0 Å². The normalized spacial score (nSPS) is 15.8. The lowest BCUT2D eigenvalue weighted by molar-refractivity contribution is -0.939. The van der Waals surface area contributed by atoms with Gasteiger partial charge in [-0.05, 0) is 71.4 Å². The molecule has 7 nitrogen and oxygen atoms in total. The van der Waals surface area contributed by atoms with E-state index in [0.29, 0.717) is 11.4 Å². The van der Waals surface area contributed by atoms with Crippen LogP contribution in [0.1, 0.15) is 22.3 Å². The van der Waals surface area contributed by atoms with Gasteiger partial charge in [-0.3, -0.25) is 0 Å². The van der Waals surface area contributed by atoms with E-state index in [1.165, 1.54) is 21.6 Å². The number of benzene rings is 2. The second kappa shape index (κ2) is 7.96. The molecule has 1 aromatic heterocycles. The first-order valence-electron chi connectivity index (χ1n) is 9.68. The van der Waals surface area contributed by atoms with Gasteiger partial charge < -0.3 is 14.4 Å². The van der Waals surface area contributed by atoms with Crippen LogP contribution in [0.2, 0.25) is 0 Å². The summed E-state index contributed by atoms with van der Waals surface area (Å²) >= 11 is 5.68. The number of methoxy groups -OCH3 is 2. The number of quaternary nitrogens is 1. The third kappa shape index (κ3) is 3.65. The summed E-state index contributed by atoms with van der Waals surface area (Å²) in [5.74, 6) is 1.55. The zero-order valence-electron chi connectivity index (χ0n) is 17.2. The van der Waals surface area contributed by atoms with Crippen LogP contribution in [0.4, 0.5) is 0 Å². The summed E-state index contributed by atoms with van der Waals surface area (Å²) in [5, 5.41) is 8.66. The maximum Gasteiger partial charge on any atom is 0.225 e. The molecular weight excluding hydrogens is 386 g/mol. The summed E-state index contributed by atoms with van der Waals surface area (Å²) in [5.41, 5.74) is 5.95. The molecule has 0 saturated heterocycles. The maximum absolute atomic E-state index is 5.68. The number of fused-ring (bicyclic) bond motifs is 1. The van der Waals surface area contributed by atoms with Crippen LogP contribution in [0, 0.1) is 18.6 Å². The Morgan fingerprint density at radius 2 is 1.79 bits per heavy atom. The van der Waals surface area contributed by atoms with Crippen molar-refractivity contribution in [3.8, 4) is 17.2 Å². The predicted molar refractivity (Wildman–Crippen MR) is 112 cm³/mol. The average molecular weight is 413 g/mol. The lowest BCUT2D eigenvalue weighted by Gasteiger charge is -2.26. The van der Waals surface area contributed by atoms with E-state index in [1.54, 1.807) is 18.9 Å². The summed E-state index contributed by atoms with van der Waals surface area (Å²) in [7, 11) is 3.34. The van der Waals surface area contributed by atoms with Gasteiger partial charge in [0.05, 0.1) is 26.5 Å². The fourth-order valence-electron chi connectivity index (χ4n) is 3.87. The fraction of sp³-hybridized carbons (Fsp3) is 0.381. The van der Waals surface area contributed by atoms with E-state index in [9.17, 15) is 0 Å². The van der Waals surface area contributed by atoms with Gasteiger partial charge in [0, 0.05) is 12.0 Å². The minimum Gasteiger partial charge on any atom is -0.493 e. The van der Waals surface area contributed by atoms with E-state index in [2.05, 4.69) is 42.5 Å². The molecule has 29 heavy (non-hydrogen) atoms. The molecule has 0 bridgehead atoms. The number of nitrogens with one attached hydrogen (secondary N) is 1. The molecule has 1 unspecified atom stereocenters. The number of aromatic nitrogens is 4. The standard InChI is InChI=1S/C21H25N5O2S/c1-14-6-5-7-18(15(14)2)26-21(29)25(22-23-26)13-24-9-8-16-10-19(27-3)20(28-4)11-17(16)12-24/h5-7,10-11H,8-9,12-13H2,1-4H3/p+1. The lowest BCUT2D eigenvalue weighted by Crippen LogP contribution is -3.11. The van der Waals surface area contributed by atoms with E-state index in [-0.39, 0.29) is 0 Å². The average Bonchev–Trinajstić information content (AvgIpc) is 3.09. The molecule has 3 aromatic rings. The van der Waals surface area contributed by atoms with Crippen LogP contribution >= 0.6 is 12.2 Å². The number of tetrazole rings is 1. The summed E-state index contributed by atoms with van der Waals surface area (Å²) in [6, 6.07) is 10.3. The molecular formula is C21H26N5O2S+. The van der Waals surface area contributed by atoms with Gasteiger partial charge in [0.25, 0.3) is 0 Å². The van der Waals surface area contributed by atoms with Gasteiger partial charge in [-0.2, -0.15) is 9.36 Å². The molecule has 2 heterocycles. The Bertz CT molecular complexity index is 1100. The molecule has 0 spiro atoms. The third-order valence-electron chi connectivity index (χ3n) is 5.71. The van der Waals surface area contributed by atoms with Gasteiger partial charge in [-0.15, -0.1) is 0 Å². The van der Waals surface area contributed by atoms with E-state index in [0.717, 1.165) is 42.3 Å². The van der Waals surface area contributed by atoms with Crippen LogP contribution in [0.25, 0.3) is 5.69 Å². The highest BCUT2D eigenvalue weighted by molar-refractivity contribution is 7.71. The monoisotopic (exact) mass is 412 g/mol. The molecule has 1 aliphatic heterocycles. The van der Waals surface area contributed by atoms with Crippen LogP contribution < -0.4 is 14.4 Å². The van der Waals surface area contributed by atoms with Crippen LogP contribution in [-0.2, 0) is 19.6 Å². The topological polar surface area (TPSA) is 58.5 Å². The Hall–Kier alpha value is -2.71. The summed E-state index contributed by atoms with van der Waals surface area (Å²) in [6.45, 7) is 6.73. The van der Waals surface area contributed by atoms with Gasteiger partial charge in [0.1, 0.15) is 6.54 Å². The van der Waals surface area contributed by atoms with Crippen molar-refractivity contribution in [3.63, 3.8) is 0 Å². The lowest BCUT2D eigenvalue weighted by atomic mass is 9.99.